The number of hydrogen-bond acceptors (Lipinski definition) is 7. The minimum atomic E-state index is -0.866. The highest BCUT2D eigenvalue weighted by atomic mass is 19.1. The molecular weight excluding hydrogens is 444 g/mol. The van der Waals surface area contributed by atoms with Crippen molar-refractivity contribution in [2.24, 2.45) is 0 Å². The van der Waals surface area contributed by atoms with E-state index >= 15 is 0 Å². The molecule has 2 aromatic heterocycles. The van der Waals surface area contributed by atoms with Gasteiger partial charge in [-0.05, 0) is 36.6 Å². The molecular formula is C24H21F2N5O3. The fourth-order valence-electron chi connectivity index (χ4n) is 4.16. The van der Waals surface area contributed by atoms with Crippen LogP contribution in [0.25, 0.3) is 11.4 Å². The topological polar surface area (TPSA) is 123 Å². The van der Waals surface area contributed by atoms with Crippen LogP contribution in [-0.2, 0) is 4.74 Å². The molecule has 1 saturated heterocycles. The molecule has 2 atom stereocenters. The standard InChI is InChI=1S/C24H21F2N5O3/c1-12-18(32)9-19(34-24(12)6-7-24)13-5-8-28-11-17(13)30-23(33)21-16(27)10-29-22(31-21)20-14(25)3-2-4-15(20)26/h2-5,8,10-11,18-19,32H,1,6-7,9,27H2,(H,30,33). The Kier molecular flexibility index (Phi) is 5.34. The summed E-state index contributed by atoms with van der Waals surface area (Å²) in [6, 6.07) is 5.05. The van der Waals surface area contributed by atoms with Crippen LogP contribution in [0.2, 0.25) is 0 Å². The van der Waals surface area contributed by atoms with E-state index in [1.807, 2.05) is 0 Å². The van der Waals surface area contributed by atoms with Crippen molar-refractivity contribution in [1.29, 1.82) is 0 Å². The van der Waals surface area contributed by atoms with Gasteiger partial charge in [0.1, 0.15) is 11.6 Å². The molecule has 1 aliphatic carbocycles. The van der Waals surface area contributed by atoms with Crippen molar-refractivity contribution in [2.75, 3.05) is 11.1 Å². The van der Waals surface area contributed by atoms with Crippen LogP contribution in [0.15, 0.2) is 55.0 Å². The first kappa shape index (κ1) is 22.1. The number of carbonyl (C=O) groups excluding carboxylic acids is 1. The molecule has 1 aliphatic heterocycles. The average molecular weight is 465 g/mol. The molecule has 174 valence electrons. The fraction of sp³-hybridized carbons (Fsp3) is 0.250. The van der Waals surface area contributed by atoms with Crippen LogP contribution in [0, 0.1) is 11.6 Å². The number of nitrogens with two attached hydrogens (primary N) is 1. The number of nitrogens with zero attached hydrogens (tertiary/aromatic N) is 3. The minimum absolute atomic E-state index is 0.0685. The Hall–Kier alpha value is -3.76. The lowest BCUT2D eigenvalue weighted by Crippen LogP contribution is -2.35. The molecule has 1 amide bonds. The van der Waals surface area contributed by atoms with Gasteiger partial charge in [0, 0.05) is 18.2 Å². The largest absolute Gasteiger partial charge is 0.396 e. The Morgan fingerprint density at radius 2 is 1.97 bits per heavy atom. The van der Waals surface area contributed by atoms with E-state index in [1.54, 1.807) is 12.3 Å². The summed E-state index contributed by atoms with van der Waals surface area (Å²) >= 11 is 0. The van der Waals surface area contributed by atoms with Crippen LogP contribution in [0.5, 0.6) is 0 Å². The molecule has 4 N–H and O–H groups in total. The summed E-state index contributed by atoms with van der Waals surface area (Å²) < 4.78 is 34.6. The number of anilines is 2. The number of nitrogen functional groups attached to an aromatic ring is 1. The number of aromatic nitrogens is 3. The van der Waals surface area contributed by atoms with E-state index in [4.69, 9.17) is 10.5 Å². The van der Waals surface area contributed by atoms with E-state index in [2.05, 4.69) is 26.8 Å². The molecule has 8 nitrogen and oxygen atoms in total. The summed E-state index contributed by atoms with van der Waals surface area (Å²) in [4.78, 5) is 25.1. The van der Waals surface area contributed by atoms with Crippen LogP contribution < -0.4 is 11.1 Å². The van der Waals surface area contributed by atoms with Crippen LogP contribution >= 0.6 is 0 Å². The summed E-state index contributed by atoms with van der Waals surface area (Å²) in [5.74, 6) is -2.76. The maximum atomic E-state index is 14.2. The molecule has 5 rings (SSSR count). The fourth-order valence-corrected chi connectivity index (χ4v) is 4.16. The lowest BCUT2D eigenvalue weighted by Gasteiger charge is -2.36. The number of ether oxygens (including phenoxy) is 1. The van der Waals surface area contributed by atoms with E-state index < -0.39 is 40.9 Å². The number of aliphatic hydroxyl groups excluding tert-OH is 1. The molecule has 34 heavy (non-hydrogen) atoms. The van der Waals surface area contributed by atoms with Crippen molar-refractivity contribution in [3.63, 3.8) is 0 Å². The van der Waals surface area contributed by atoms with E-state index in [1.165, 1.54) is 12.3 Å². The number of rotatable bonds is 4. The monoisotopic (exact) mass is 465 g/mol. The Morgan fingerprint density at radius 1 is 1.24 bits per heavy atom. The van der Waals surface area contributed by atoms with Gasteiger partial charge in [-0.3, -0.25) is 9.78 Å². The van der Waals surface area contributed by atoms with Crippen LogP contribution in [-0.4, -0.2) is 37.7 Å². The van der Waals surface area contributed by atoms with Gasteiger partial charge in [0.25, 0.3) is 5.91 Å². The minimum Gasteiger partial charge on any atom is -0.396 e. The molecule has 1 spiro atoms. The summed E-state index contributed by atoms with van der Waals surface area (Å²) in [7, 11) is 0. The number of carbonyl (C=O) groups is 1. The van der Waals surface area contributed by atoms with Gasteiger partial charge >= 0.3 is 0 Å². The summed E-state index contributed by atoms with van der Waals surface area (Å²) in [5, 5.41) is 13.2. The quantitative estimate of drug-likeness (QED) is 0.504. The molecule has 2 fully saturated rings. The number of hydrogen-bond donors (Lipinski definition) is 3. The molecule has 1 saturated carbocycles. The van der Waals surface area contributed by atoms with E-state index in [-0.39, 0.29) is 23.6 Å². The number of halogens is 2. The second-order valence-corrected chi connectivity index (χ2v) is 8.39. The SMILES string of the molecule is C=C1C(O)CC(c2ccncc2NC(=O)c2nc(-c3c(F)cccc3F)ncc2N)OC12CC2. The molecule has 3 heterocycles. The number of aliphatic hydroxyl groups is 1. The lowest BCUT2D eigenvalue weighted by molar-refractivity contribution is -0.0722. The third-order valence-corrected chi connectivity index (χ3v) is 6.17. The van der Waals surface area contributed by atoms with Gasteiger partial charge in [-0.2, -0.15) is 0 Å². The van der Waals surface area contributed by atoms with Crippen LogP contribution in [0.4, 0.5) is 20.2 Å². The van der Waals surface area contributed by atoms with E-state index in [0.29, 0.717) is 16.8 Å². The van der Waals surface area contributed by atoms with Gasteiger partial charge in [-0.1, -0.05) is 12.6 Å². The van der Waals surface area contributed by atoms with Gasteiger partial charge in [-0.15, -0.1) is 0 Å². The van der Waals surface area contributed by atoms with Gasteiger partial charge in [-0.25, -0.2) is 18.7 Å². The smallest absolute Gasteiger partial charge is 0.276 e. The second kappa shape index (κ2) is 8.23. The number of benzene rings is 1. The zero-order valence-corrected chi connectivity index (χ0v) is 18.0. The zero-order valence-electron chi connectivity index (χ0n) is 18.0. The summed E-state index contributed by atoms with van der Waals surface area (Å²) in [6.07, 6.45) is 4.73. The Morgan fingerprint density at radius 3 is 2.68 bits per heavy atom. The Balaban J connectivity index is 1.45. The zero-order chi connectivity index (χ0) is 24.0. The first-order chi connectivity index (χ1) is 16.3. The summed E-state index contributed by atoms with van der Waals surface area (Å²) in [6.45, 7) is 3.97. The molecule has 0 radical (unpaired) electrons. The normalized spacial score (nSPS) is 20.9. The predicted octanol–water partition coefficient (Wildman–Crippen LogP) is 3.56. The van der Waals surface area contributed by atoms with Crippen molar-refractivity contribution >= 4 is 17.3 Å². The molecule has 10 heteroatoms. The van der Waals surface area contributed by atoms with Gasteiger partial charge in [0.15, 0.2) is 11.5 Å². The molecule has 0 bridgehead atoms. The van der Waals surface area contributed by atoms with E-state index in [9.17, 15) is 18.7 Å². The van der Waals surface area contributed by atoms with Crippen molar-refractivity contribution in [2.45, 2.75) is 37.1 Å². The van der Waals surface area contributed by atoms with Crippen LogP contribution in [0.1, 0.15) is 41.4 Å². The number of nitrogens with one attached hydrogen (secondary N) is 1. The van der Waals surface area contributed by atoms with Crippen LogP contribution in [0.3, 0.4) is 0 Å². The van der Waals surface area contributed by atoms with Crippen molar-refractivity contribution in [1.82, 2.24) is 15.0 Å². The lowest BCUT2D eigenvalue weighted by atomic mass is 9.91. The van der Waals surface area contributed by atoms with Gasteiger partial charge in [0.2, 0.25) is 0 Å². The number of pyridine rings is 1. The Bertz CT molecular complexity index is 1290. The van der Waals surface area contributed by atoms with Gasteiger partial charge in [0.05, 0.1) is 47.1 Å². The molecule has 1 aromatic carbocycles. The third-order valence-electron chi connectivity index (χ3n) is 6.17. The maximum absolute atomic E-state index is 14.2. The van der Waals surface area contributed by atoms with Crippen molar-refractivity contribution in [3.05, 3.63) is 77.9 Å². The highest BCUT2D eigenvalue weighted by Gasteiger charge is 2.53. The molecule has 2 aliphatic rings. The molecule has 2 unspecified atom stereocenters. The summed E-state index contributed by atoms with van der Waals surface area (Å²) in [5.41, 5.74) is 6.21. The van der Waals surface area contributed by atoms with Gasteiger partial charge < -0.3 is 20.9 Å². The molecule has 3 aromatic rings. The highest BCUT2D eigenvalue weighted by Crippen LogP contribution is 2.54. The van der Waals surface area contributed by atoms with Crippen molar-refractivity contribution in [3.8, 4) is 11.4 Å². The van der Waals surface area contributed by atoms with E-state index in [0.717, 1.165) is 31.2 Å². The van der Waals surface area contributed by atoms with Crippen molar-refractivity contribution < 1.29 is 23.4 Å². The maximum Gasteiger partial charge on any atom is 0.276 e. The average Bonchev–Trinajstić information content (AvgIpc) is 3.58. The second-order valence-electron chi connectivity index (χ2n) is 8.39. The first-order valence-electron chi connectivity index (χ1n) is 10.7. The Labute approximate surface area is 193 Å². The number of amides is 1. The third kappa shape index (κ3) is 3.80. The highest BCUT2D eigenvalue weighted by molar-refractivity contribution is 6.06. The first-order valence-corrected chi connectivity index (χ1v) is 10.7. The predicted molar refractivity (Wildman–Crippen MR) is 120 cm³/mol.